The molecule has 0 amide bonds. The molecule has 0 saturated heterocycles. The van der Waals surface area contributed by atoms with Crippen molar-refractivity contribution in [2.45, 2.75) is 46.1 Å². The first-order valence-corrected chi connectivity index (χ1v) is 6.39. The second-order valence-electron chi connectivity index (χ2n) is 4.59. The molecular formula is C12H21ClN4. The van der Waals surface area contributed by atoms with Crippen LogP contribution in [0.5, 0.6) is 0 Å². The summed E-state index contributed by atoms with van der Waals surface area (Å²) in [5.74, 6) is 1.57. The molecular weight excluding hydrogens is 236 g/mol. The van der Waals surface area contributed by atoms with Crippen molar-refractivity contribution in [2.24, 2.45) is 5.92 Å². The summed E-state index contributed by atoms with van der Waals surface area (Å²) < 4.78 is 0. The Morgan fingerprint density at radius 1 is 1.35 bits per heavy atom. The van der Waals surface area contributed by atoms with E-state index in [0.29, 0.717) is 17.6 Å². The third kappa shape index (κ3) is 3.22. The molecule has 0 spiro atoms. The van der Waals surface area contributed by atoms with Gasteiger partial charge in [-0.3, -0.25) is 0 Å². The van der Waals surface area contributed by atoms with Gasteiger partial charge in [0.05, 0.1) is 0 Å². The molecule has 0 aliphatic rings. The van der Waals surface area contributed by atoms with E-state index in [1.807, 2.05) is 0 Å². The van der Waals surface area contributed by atoms with Gasteiger partial charge >= 0.3 is 0 Å². The van der Waals surface area contributed by atoms with E-state index >= 15 is 0 Å². The van der Waals surface area contributed by atoms with Crippen molar-refractivity contribution in [3.05, 3.63) is 11.3 Å². The molecule has 0 aliphatic heterocycles. The second-order valence-corrected chi connectivity index (χ2v) is 4.93. The van der Waals surface area contributed by atoms with Crippen LogP contribution in [0.4, 0.5) is 11.6 Å². The number of nitrogen functional groups attached to an aromatic ring is 1. The van der Waals surface area contributed by atoms with Crippen LogP contribution < -0.4 is 11.1 Å². The first kappa shape index (κ1) is 14.0. The molecule has 0 aliphatic carbocycles. The number of nitrogens with zero attached hydrogens (tertiary/aromatic N) is 2. The van der Waals surface area contributed by atoms with Crippen molar-refractivity contribution in [3.8, 4) is 0 Å². The van der Waals surface area contributed by atoms with Gasteiger partial charge in [0.15, 0.2) is 0 Å². The molecule has 0 bridgehead atoms. The number of hydrogen-bond donors (Lipinski definition) is 2. The van der Waals surface area contributed by atoms with Crippen molar-refractivity contribution >= 4 is 23.2 Å². The highest BCUT2D eigenvalue weighted by atomic mass is 35.5. The smallest absolute Gasteiger partial charge is 0.226 e. The van der Waals surface area contributed by atoms with E-state index < -0.39 is 0 Å². The van der Waals surface area contributed by atoms with Gasteiger partial charge in [0, 0.05) is 11.6 Å². The summed E-state index contributed by atoms with van der Waals surface area (Å²) in [7, 11) is 0. The van der Waals surface area contributed by atoms with Gasteiger partial charge in [-0.1, -0.05) is 27.7 Å². The molecule has 0 saturated carbocycles. The van der Waals surface area contributed by atoms with Gasteiger partial charge in [-0.05, 0) is 30.4 Å². The van der Waals surface area contributed by atoms with E-state index in [1.54, 1.807) is 6.07 Å². The van der Waals surface area contributed by atoms with Gasteiger partial charge in [-0.2, -0.15) is 0 Å². The van der Waals surface area contributed by atoms with Gasteiger partial charge in [-0.15, -0.1) is 0 Å². The zero-order valence-corrected chi connectivity index (χ0v) is 11.7. The minimum atomic E-state index is 0.0180. The number of hydrogen-bond acceptors (Lipinski definition) is 4. The van der Waals surface area contributed by atoms with E-state index in [0.717, 1.165) is 12.8 Å². The maximum Gasteiger partial charge on any atom is 0.226 e. The van der Waals surface area contributed by atoms with E-state index in [-0.39, 0.29) is 10.8 Å². The lowest BCUT2D eigenvalue weighted by Gasteiger charge is -2.37. The summed E-state index contributed by atoms with van der Waals surface area (Å²) in [5, 5.41) is 3.64. The van der Waals surface area contributed by atoms with Crippen LogP contribution in [-0.2, 0) is 0 Å². The largest absolute Gasteiger partial charge is 0.383 e. The van der Waals surface area contributed by atoms with Gasteiger partial charge in [0.1, 0.15) is 11.6 Å². The summed E-state index contributed by atoms with van der Waals surface area (Å²) in [6, 6.07) is 1.72. The molecule has 4 nitrogen and oxygen atoms in total. The Kier molecular flexibility index (Phi) is 4.57. The van der Waals surface area contributed by atoms with Gasteiger partial charge in [0.2, 0.25) is 5.28 Å². The van der Waals surface area contributed by atoms with Gasteiger partial charge in [-0.25, -0.2) is 9.97 Å². The fourth-order valence-electron chi connectivity index (χ4n) is 2.14. The second kappa shape index (κ2) is 5.54. The number of nitrogens with two attached hydrogens (primary N) is 1. The highest BCUT2D eigenvalue weighted by Crippen LogP contribution is 2.29. The van der Waals surface area contributed by atoms with E-state index in [1.165, 1.54) is 0 Å². The molecule has 0 fully saturated rings. The Labute approximate surface area is 108 Å². The minimum Gasteiger partial charge on any atom is -0.383 e. The van der Waals surface area contributed by atoms with Crippen LogP contribution in [0.2, 0.25) is 5.28 Å². The molecule has 1 heterocycles. The molecule has 3 N–H and O–H groups in total. The van der Waals surface area contributed by atoms with Crippen molar-refractivity contribution in [3.63, 3.8) is 0 Å². The van der Waals surface area contributed by atoms with E-state index in [4.69, 9.17) is 17.3 Å². The normalized spacial score (nSPS) is 11.9. The van der Waals surface area contributed by atoms with E-state index in [9.17, 15) is 0 Å². The quantitative estimate of drug-likeness (QED) is 0.793. The van der Waals surface area contributed by atoms with Crippen LogP contribution in [0.3, 0.4) is 0 Å². The minimum absolute atomic E-state index is 0.0180. The Bertz CT molecular complexity index is 355. The van der Waals surface area contributed by atoms with Crippen molar-refractivity contribution in [1.82, 2.24) is 9.97 Å². The van der Waals surface area contributed by atoms with Crippen molar-refractivity contribution in [2.75, 3.05) is 11.1 Å². The Morgan fingerprint density at radius 3 is 2.35 bits per heavy atom. The van der Waals surface area contributed by atoms with Crippen molar-refractivity contribution in [1.29, 1.82) is 0 Å². The third-order valence-corrected chi connectivity index (χ3v) is 3.63. The van der Waals surface area contributed by atoms with Gasteiger partial charge < -0.3 is 11.1 Å². The maximum atomic E-state index is 5.80. The highest BCUT2D eigenvalue weighted by Gasteiger charge is 2.30. The van der Waals surface area contributed by atoms with Crippen molar-refractivity contribution < 1.29 is 0 Å². The summed E-state index contributed by atoms with van der Waals surface area (Å²) >= 11 is 5.80. The molecule has 0 radical (unpaired) electrons. The number of nitrogens with one attached hydrogen (secondary N) is 1. The summed E-state index contributed by atoms with van der Waals surface area (Å²) in [6.07, 6.45) is 2.03. The number of halogens is 1. The fourth-order valence-corrected chi connectivity index (χ4v) is 2.33. The molecule has 1 rings (SSSR count). The molecule has 0 aromatic carbocycles. The molecule has 1 aromatic rings. The average molecular weight is 257 g/mol. The zero-order chi connectivity index (χ0) is 13.1. The molecule has 96 valence electrons. The molecule has 0 unspecified atom stereocenters. The summed E-state index contributed by atoms with van der Waals surface area (Å²) in [6.45, 7) is 8.74. The monoisotopic (exact) mass is 256 g/mol. The van der Waals surface area contributed by atoms with E-state index in [2.05, 4.69) is 43.0 Å². The number of anilines is 2. The Hall–Kier alpha value is -1.03. The van der Waals surface area contributed by atoms with Crippen LogP contribution in [0.1, 0.15) is 40.5 Å². The summed E-state index contributed by atoms with van der Waals surface area (Å²) in [5.41, 5.74) is 5.68. The van der Waals surface area contributed by atoms with Crippen LogP contribution in [0.15, 0.2) is 6.07 Å². The Balaban J connectivity index is 3.01. The van der Waals surface area contributed by atoms with Crippen LogP contribution in [0.25, 0.3) is 0 Å². The van der Waals surface area contributed by atoms with Gasteiger partial charge in [0.25, 0.3) is 0 Å². The molecule has 17 heavy (non-hydrogen) atoms. The van der Waals surface area contributed by atoms with Crippen LogP contribution in [-0.4, -0.2) is 15.5 Å². The van der Waals surface area contributed by atoms with Crippen LogP contribution >= 0.6 is 11.6 Å². The lowest BCUT2D eigenvalue weighted by molar-refractivity contribution is 0.319. The maximum absolute atomic E-state index is 5.80. The zero-order valence-electron chi connectivity index (χ0n) is 10.9. The Morgan fingerprint density at radius 2 is 1.94 bits per heavy atom. The topological polar surface area (TPSA) is 63.8 Å². The number of aromatic nitrogens is 2. The first-order valence-electron chi connectivity index (χ1n) is 6.01. The molecule has 1 aromatic heterocycles. The summed E-state index contributed by atoms with van der Waals surface area (Å²) in [4.78, 5) is 8.01. The first-order chi connectivity index (χ1) is 7.93. The lowest BCUT2D eigenvalue weighted by Crippen LogP contribution is -2.42. The SMILES string of the molecule is CCC(CC)(Nc1cc(N)nc(Cl)n1)C(C)C. The fraction of sp³-hybridized carbons (Fsp3) is 0.667. The lowest BCUT2D eigenvalue weighted by atomic mass is 9.81. The third-order valence-electron chi connectivity index (χ3n) is 3.46. The average Bonchev–Trinajstić information content (AvgIpc) is 2.24. The number of rotatable bonds is 5. The highest BCUT2D eigenvalue weighted by molar-refractivity contribution is 6.28. The predicted molar refractivity (Wildman–Crippen MR) is 73.2 cm³/mol. The standard InChI is InChI=1S/C12H21ClN4/c1-5-12(6-2,8(3)4)17-10-7-9(14)15-11(13)16-10/h7-8H,5-6H2,1-4H3,(H3,14,15,16,17). The van der Waals surface area contributed by atoms with Crippen LogP contribution in [0, 0.1) is 5.92 Å². The molecule has 5 heteroatoms. The molecule has 0 atom stereocenters. The predicted octanol–water partition coefficient (Wildman–Crippen LogP) is 3.34.